The van der Waals surface area contributed by atoms with Gasteiger partial charge in [0, 0.05) is 17.8 Å². The van der Waals surface area contributed by atoms with Crippen LogP contribution in [-0.4, -0.2) is 19.9 Å². The number of methoxy groups -OCH3 is 1. The summed E-state index contributed by atoms with van der Waals surface area (Å²) in [5, 5.41) is 3.50. The molecule has 1 heterocycles. The molecular formula is C18H21NO3. The Labute approximate surface area is 131 Å². The van der Waals surface area contributed by atoms with E-state index in [9.17, 15) is 0 Å². The van der Waals surface area contributed by atoms with Crippen molar-refractivity contribution in [2.45, 2.75) is 25.8 Å². The van der Waals surface area contributed by atoms with E-state index in [1.807, 2.05) is 24.3 Å². The molecule has 0 amide bonds. The molecule has 22 heavy (non-hydrogen) atoms. The highest BCUT2D eigenvalue weighted by atomic mass is 16.7. The minimum atomic E-state index is 0.326. The molecule has 0 aliphatic carbocycles. The molecule has 116 valence electrons. The second-order valence-electron chi connectivity index (χ2n) is 5.50. The Morgan fingerprint density at radius 2 is 2.00 bits per heavy atom. The Hall–Kier alpha value is -2.36. The van der Waals surface area contributed by atoms with Crippen molar-refractivity contribution in [3.8, 4) is 17.2 Å². The average molecular weight is 299 g/mol. The molecule has 1 atom stereocenters. The normalized spacial score (nSPS) is 13.7. The number of anilines is 1. The van der Waals surface area contributed by atoms with Crippen molar-refractivity contribution in [1.29, 1.82) is 0 Å². The van der Waals surface area contributed by atoms with Crippen LogP contribution in [0, 0.1) is 0 Å². The van der Waals surface area contributed by atoms with Crippen LogP contribution in [0.3, 0.4) is 0 Å². The van der Waals surface area contributed by atoms with E-state index in [1.165, 1.54) is 5.56 Å². The van der Waals surface area contributed by atoms with Crippen LogP contribution in [0.15, 0.2) is 42.5 Å². The lowest BCUT2D eigenvalue weighted by Gasteiger charge is -2.16. The first-order chi connectivity index (χ1) is 10.7. The van der Waals surface area contributed by atoms with Crippen molar-refractivity contribution in [1.82, 2.24) is 0 Å². The molecule has 1 aliphatic rings. The van der Waals surface area contributed by atoms with Crippen molar-refractivity contribution in [2.24, 2.45) is 0 Å². The summed E-state index contributed by atoms with van der Waals surface area (Å²) in [7, 11) is 1.68. The third-order valence-corrected chi connectivity index (χ3v) is 3.79. The monoisotopic (exact) mass is 299 g/mol. The predicted molar refractivity (Wildman–Crippen MR) is 87.0 cm³/mol. The van der Waals surface area contributed by atoms with E-state index in [4.69, 9.17) is 14.2 Å². The maximum atomic E-state index is 5.42. The summed E-state index contributed by atoms with van der Waals surface area (Å²) in [6, 6.07) is 14.5. The Morgan fingerprint density at radius 3 is 2.86 bits per heavy atom. The minimum Gasteiger partial charge on any atom is -0.497 e. The number of fused-ring (bicyclic) bond motifs is 1. The van der Waals surface area contributed by atoms with E-state index in [0.29, 0.717) is 12.8 Å². The van der Waals surface area contributed by atoms with Gasteiger partial charge in [-0.05, 0) is 49.6 Å². The Bertz CT molecular complexity index is 642. The van der Waals surface area contributed by atoms with Gasteiger partial charge in [-0.25, -0.2) is 0 Å². The highest BCUT2D eigenvalue weighted by Gasteiger charge is 2.13. The van der Waals surface area contributed by atoms with Gasteiger partial charge in [-0.3, -0.25) is 0 Å². The third-order valence-electron chi connectivity index (χ3n) is 3.79. The van der Waals surface area contributed by atoms with Crippen molar-refractivity contribution >= 4 is 5.69 Å². The van der Waals surface area contributed by atoms with Crippen molar-refractivity contribution in [2.75, 3.05) is 19.2 Å². The highest BCUT2D eigenvalue weighted by molar-refractivity contribution is 5.49. The van der Waals surface area contributed by atoms with Crippen LogP contribution in [0.4, 0.5) is 5.69 Å². The summed E-state index contributed by atoms with van der Waals surface area (Å²) in [5.74, 6) is 2.56. The SMILES string of the molecule is COc1cccc(NC(C)CCc2ccc3c(c2)OCO3)c1. The average Bonchev–Trinajstić information content (AvgIpc) is 3.00. The Kier molecular flexibility index (Phi) is 4.37. The van der Waals surface area contributed by atoms with Gasteiger partial charge in [-0.1, -0.05) is 12.1 Å². The zero-order chi connectivity index (χ0) is 15.4. The maximum Gasteiger partial charge on any atom is 0.231 e. The number of hydrogen-bond acceptors (Lipinski definition) is 4. The number of hydrogen-bond donors (Lipinski definition) is 1. The fourth-order valence-corrected chi connectivity index (χ4v) is 2.55. The molecule has 1 unspecified atom stereocenters. The molecular weight excluding hydrogens is 278 g/mol. The van der Waals surface area contributed by atoms with Crippen LogP contribution in [0.5, 0.6) is 17.2 Å². The van der Waals surface area contributed by atoms with E-state index in [2.05, 4.69) is 30.4 Å². The minimum absolute atomic E-state index is 0.326. The highest BCUT2D eigenvalue weighted by Crippen LogP contribution is 2.32. The van der Waals surface area contributed by atoms with E-state index in [0.717, 1.165) is 35.8 Å². The van der Waals surface area contributed by atoms with E-state index >= 15 is 0 Å². The largest absolute Gasteiger partial charge is 0.497 e. The molecule has 0 spiro atoms. The molecule has 2 aromatic carbocycles. The first-order valence-electron chi connectivity index (χ1n) is 7.54. The van der Waals surface area contributed by atoms with Gasteiger partial charge in [0.05, 0.1) is 7.11 Å². The second-order valence-corrected chi connectivity index (χ2v) is 5.50. The first kappa shape index (κ1) is 14.6. The molecule has 0 radical (unpaired) electrons. The number of nitrogens with one attached hydrogen (secondary N) is 1. The van der Waals surface area contributed by atoms with Gasteiger partial charge in [0.1, 0.15) is 5.75 Å². The smallest absolute Gasteiger partial charge is 0.231 e. The zero-order valence-corrected chi connectivity index (χ0v) is 13.0. The lowest BCUT2D eigenvalue weighted by molar-refractivity contribution is 0.174. The number of rotatable bonds is 6. The molecule has 3 rings (SSSR count). The molecule has 4 nitrogen and oxygen atoms in total. The summed E-state index contributed by atoms with van der Waals surface area (Å²) < 4.78 is 16.0. The second kappa shape index (κ2) is 6.60. The van der Waals surface area contributed by atoms with E-state index in [-0.39, 0.29) is 0 Å². The third kappa shape index (κ3) is 3.45. The van der Waals surface area contributed by atoms with Crippen molar-refractivity contribution in [3.63, 3.8) is 0 Å². The van der Waals surface area contributed by atoms with Gasteiger partial charge >= 0.3 is 0 Å². The van der Waals surface area contributed by atoms with Gasteiger partial charge < -0.3 is 19.5 Å². The quantitative estimate of drug-likeness (QED) is 0.879. The molecule has 4 heteroatoms. The molecule has 1 aliphatic heterocycles. The predicted octanol–water partition coefficient (Wildman–Crippen LogP) is 3.86. The lowest BCUT2D eigenvalue weighted by Crippen LogP contribution is -2.15. The molecule has 2 aromatic rings. The molecule has 0 saturated carbocycles. The van der Waals surface area contributed by atoms with Crippen LogP contribution >= 0.6 is 0 Å². The zero-order valence-electron chi connectivity index (χ0n) is 13.0. The molecule has 0 aromatic heterocycles. The lowest BCUT2D eigenvalue weighted by atomic mass is 10.1. The number of ether oxygens (including phenoxy) is 3. The maximum absolute atomic E-state index is 5.42. The van der Waals surface area contributed by atoms with Crippen LogP contribution in [0.25, 0.3) is 0 Å². The summed E-state index contributed by atoms with van der Waals surface area (Å²) in [6.45, 7) is 2.51. The standard InChI is InChI=1S/C18H21NO3/c1-13(19-15-4-3-5-16(11-15)20-2)6-7-14-8-9-17-18(10-14)22-12-21-17/h3-5,8-11,13,19H,6-7,12H2,1-2H3. The van der Waals surface area contributed by atoms with Crippen molar-refractivity contribution < 1.29 is 14.2 Å². The van der Waals surface area contributed by atoms with Gasteiger partial charge in [0.25, 0.3) is 0 Å². The number of benzene rings is 2. The molecule has 0 fully saturated rings. The molecule has 0 saturated heterocycles. The van der Waals surface area contributed by atoms with E-state index < -0.39 is 0 Å². The summed E-state index contributed by atoms with van der Waals surface area (Å²) in [5.41, 5.74) is 2.35. The van der Waals surface area contributed by atoms with Crippen molar-refractivity contribution in [3.05, 3.63) is 48.0 Å². The summed E-state index contributed by atoms with van der Waals surface area (Å²) in [4.78, 5) is 0. The molecule has 1 N–H and O–H groups in total. The van der Waals surface area contributed by atoms with Crippen LogP contribution in [0.1, 0.15) is 18.9 Å². The molecule has 0 bridgehead atoms. The summed E-state index contributed by atoms with van der Waals surface area (Å²) in [6.07, 6.45) is 2.03. The first-order valence-corrected chi connectivity index (χ1v) is 7.54. The van der Waals surface area contributed by atoms with Crippen LogP contribution in [-0.2, 0) is 6.42 Å². The van der Waals surface area contributed by atoms with E-state index in [1.54, 1.807) is 7.11 Å². The van der Waals surface area contributed by atoms with Gasteiger partial charge in [0.15, 0.2) is 11.5 Å². The van der Waals surface area contributed by atoms with Gasteiger partial charge in [-0.15, -0.1) is 0 Å². The topological polar surface area (TPSA) is 39.7 Å². The fourth-order valence-electron chi connectivity index (χ4n) is 2.55. The van der Waals surface area contributed by atoms with Crippen LogP contribution in [0.2, 0.25) is 0 Å². The van der Waals surface area contributed by atoms with Gasteiger partial charge in [-0.2, -0.15) is 0 Å². The number of aryl methyl sites for hydroxylation is 1. The summed E-state index contributed by atoms with van der Waals surface area (Å²) >= 11 is 0. The Morgan fingerprint density at radius 1 is 1.14 bits per heavy atom. The Balaban J connectivity index is 1.54. The van der Waals surface area contributed by atoms with Crippen LogP contribution < -0.4 is 19.5 Å². The fraction of sp³-hybridized carbons (Fsp3) is 0.333. The van der Waals surface area contributed by atoms with Gasteiger partial charge in [0.2, 0.25) is 6.79 Å².